The molecule has 0 aliphatic carbocycles. The molecule has 0 radical (unpaired) electrons. The molecule has 0 aliphatic heterocycles. The van der Waals surface area contributed by atoms with Gasteiger partial charge in [0.2, 0.25) is 0 Å². The van der Waals surface area contributed by atoms with Crippen LogP contribution >= 0.6 is 0 Å². The van der Waals surface area contributed by atoms with Gasteiger partial charge in [-0.25, -0.2) is 0 Å². The van der Waals surface area contributed by atoms with Gasteiger partial charge in [0.25, 0.3) is 5.91 Å². The Morgan fingerprint density at radius 3 is 2.94 bits per heavy atom. The van der Waals surface area contributed by atoms with E-state index in [2.05, 4.69) is 17.2 Å². The van der Waals surface area contributed by atoms with E-state index in [0.717, 1.165) is 18.7 Å². The van der Waals surface area contributed by atoms with Crippen LogP contribution in [0.4, 0.5) is 5.69 Å². The van der Waals surface area contributed by atoms with E-state index in [-0.39, 0.29) is 18.6 Å². The van der Waals surface area contributed by atoms with Crippen molar-refractivity contribution in [1.82, 2.24) is 9.88 Å². The molecular weight excluding hydrogens is 230 g/mol. The topological polar surface area (TPSA) is 65.5 Å². The third kappa shape index (κ3) is 3.43. The average Bonchev–Trinajstić information content (AvgIpc) is 2.42. The van der Waals surface area contributed by atoms with Crippen molar-refractivity contribution in [1.29, 1.82) is 0 Å². The summed E-state index contributed by atoms with van der Waals surface area (Å²) in [5, 5.41) is 12.3. The number of aliphatic hydroxyl groups is 1. The van der Waals surface area contributed by atoms with Crippen molar-refractivity contribution in [3.63, 3.8) is 0 Å². The Bertz CT molecular complexity index is 396. The second kappa shape index (κ2) is 6.96. The predicted molar refractivity (Wildman–Crippen MR) is 71.7 cm³/mol. The lowest BCUT2D eigenvalue weighted by Gasteiger charge is -2.24. The van der Waals surface area contributed by atoms with E-state index in [9.17, 15) is 4.79 Å². The maximum absolute atomic E-state index is 12.3. The zero-order chi connectivity index (χ0) is 13.5. The van der Waals surface area contributed by atoms with Gasteiger partial charge in [0.05, 0.1) is 23.9 Å². The van der Waals surface area contributed by atoms with E-state index in [1.807, 2.05) is 0 Å². The van der Waals surface area contributed by atoms with Gasteiger partial charge >= 0.3 is 0 Å². The fourth-order valence-corrected chi connectivity index (χ4v) is 1.49. The first-order valence-electron chi connectivity index (χ1n) is 6.17. The van der Waals surface area contributed by atoms with Crippen LogP contribution in [0.15, 0.2) is 18.5 Å². The summed E-state index contributed by atoms with van der Waals surface area (Å²) in [6.07, 6.45) is 4.20. The summed E-state index contributed by atoms with van der Waals surface area (Å²) in [7, 11) is 1.68. The standard InChI is InChI=1S/C13H21N3O2/c1-4-6-15-12-5-7-14-8-11(12)13(18)16(3)10(2)9-17/h5,7-8,10,17H,4,6,9H2,1-3H3,(H,14,15). The molecule has 1 heterocycles. The highest BCUT2D eigenvalue weighted by Gasteiger charge is 2.19. The fourth-order valence-electron chi connectivity index (χ4n) is 1.49. The number of amides is 1. The summed E-state index contributed by atoms with van der Waals surface area (Å²) in [6, 6.07) is 1.58. The first-order valence-corrected chi connectivity index (χ1v) is 6.17. The molecule has 0 aliphatic rings. The Balaban J connectivity index is 2.90. The number of carbonyl (C=O) groups is 1. The number of aliphatic hydroxyl groups excluding tert-OH is 1. The van der Waals surface area contributed by atoms with Gasteiger partial charge < -0.3 is 15.3 Å². The Morgan fingerprint density at radius 1 is 1.61 bits per heavy atom. The normalized spacial score (nSPS) is 12.0. The van der Waals surface area contributed by atoms with Crippen molar-refractivity contribution in [3.05, 3.63) is 24.0 Å². The average molecular weight is 251 g/mol. The molecule has 18 heavy (non-hydrogen) atoms. The quantitative estimate of drug-likeness (QED) is 0.801. The maximum Gasteiger partial charge on any atom is 0.257 e. The molecule has 5 nitrogen and oxygen atoms in total. The number of anilines is 1. The predicted octanol–water partition coefficient (Wildman–Crippen LogP) is 1.36. The molecule has 0 spiro atoms. The zero-order valence-electron chi connectivity index (χ0n) is 11.2. The number of nitrogens with zero attached hydrogens (tertiary/aromatic N) is 2. The van der Waals surface area contributed by atoms with Gasteiger partial charge in [-0.2, -0.15) is 0 Å². The van der Waals surface area contributed by atoms with Gasteiger partial charge in [0, 0.05) is 26.0 Å². The molecular formula is C13H21N3O2. The van der Waals surface area contributed by atoms with Crippen LogP contribution in [-0.4, -0.2) is 47.1 Å². The lowest BCUT2D eigenvalue weighted by Crippen LogP contribution is -2.37. The molecule has 1 unspecified atom stereocenters. The number of pyridine rings is 1. The van der Waals surface area contributed by atoms with Crippen molar-refractivity contribution < 1.29 is 9.90 Å². The molecule has 1 rings (SSSR count). The molecule has 0 bridgehead atoms. The molecule has 1 aromatic heterocycles. The van der Waals surface area contributed by atoms with Crippen LogP contribution in [0.3, 0.4) is 0 Å². The summed E-state index contributed by atoms with van der Waals surface area (Å²) in [6.45, 7) is 4.62. The zero-order valence-corrected chi connectivity index (χ0v) is 11.2. The summed E-state index contributed by atoms with van der Waals surface area (Å²) in [5.41, 5.74) is 1.32. The van der Waals surface area contributed by atoms with Crippen LogP contribution in [0.1, 0.15) is 30.6 Å². The Labute approximate surface area is 108 Å². The fraction of sp³-hybridized carbons (Fsp3) is 0.538. The van der Waals surface area contributed by atoms with E-state index in [1.165, 1.54) is 4.90 Å². The van der Waals surface area contributed by atoms with E-state index < -0.39 is 0 Å². The van der Waals surface area contributed by atoms with Gasteiger partial charge in [0.15, 0.2) is 0 Å². The van der Waals surface area contributed by atoms with Crippen LogP contribution < -0.4 is 5.32 Å². The second-order valence-electron chi connectivity index (χ2n) is 4.30. The monoisotopic (exact) mass is 251 g/mol. The Hall–Kier alpha value is -1.62. The molecule has 100 valence electrons. The molecule has 5 heteroatoms. The number of nitrogens with one attached hydrogen (secondary N) is 1. The summed E-state index contributed by atoms with van der Waals surface area (Å²) in [5.74, 6) is -0.136. The van der Waals surface area contributed by atoms with Crippen molar-refractivity contribution in [2.45, 2.75) is 26.3 Å². The van der Waals surface area contributed by atoms with Crippen molar-refractivity contribution in [2.24, 2.45) is 0 Å². The molecule has 0 saturated carbocycles. The molecule has 0 fully saturated rings. The third-order valence-electron chi connectivity index (χ3n) is 2.86. The van der Waals surface area contributed by atoms with Gasteiger partial charge in [-0.3, -0.25) is 9.78 Å². The molecule has 1 aromatic rings. The highest BCUT2D eigenvalue weighted by atomic mass is 16.3. The smallest absolute Gasteiger partial charge is 0.257 e. The highest BCUT2D eigenvalue weighted by molar-refractivity contribution is 5.99. The summed E-state index contributed by atoms with van der Waals surface area (Å²) >= 11 is 0. The Kier molecular flexibility index (Phi) is 5.58. The number of aromatic nitrogens is 1. The lowest BCUT2D eigenvalue weighted by molar-refractivity contribution is 0.0682. The van der Waals surface area contributed by atoms with Gasteiger partial charge in [-0.1, -0.05) is 6.92 Å². The first kappa shape index (κ1) is 14.4. The number of hydrogen-bond acceptors (Lipinski definition) is 4. The minimum atomic E-state index is -0.211. The van der Waals surface area contributed by atoms with Crippen LogP contribution in [0.5, 0.6) is 0 Å². The van der Waals surface area contributed by atoms with E-state index in [1.54, 1.807) is 32.4 Å². The first-order chi connectivity index (χ1) is 8.61. The van der Waals surface area contributed by atoms with Crippen LogP contribution in [-0.2, 0) is 0 Å². The van der Waals surface area contributed by atoms with Crippen molar-refractivity contribution >= 4 is 11.6 Å². The Morgan fingerprint density at radius 2 is 2.33 bits per heavy atom. The summed E-state index contributed by atoms with van der Waals surface area (Å²) < 4.78 is 0. The van der Waals surface area contributed by atoms with Gasteiger partial charge in [-0.05, 0) is 19.4 Å². The number of carbonyl (C=O) groups excluding carboxylic acids is 1. The van der Waals surface area contributed by atoms with E-state index in [0.29, 0.717) is 5.56 Å². The number of rotatable bonds is 6. The lowest BCUT2D eigenvalue weighted by atomic mass is 10.2. The minimum absolute atomic E-state index is 0.0553. The minimum Gasteiger partial charge on any atom is -0.394 e. The number of hydrogen-bond donors (Lipinski definition) is 2. The van der Waals surface area contributed by atoms with Crippen LogP contribution in [0.25, 0.3) is 0 Å². The third-order valence-corrected chi connectivity index (χ3v) is 2.86. The molecule has 1 atom stereocenters. The van der Waals surface area contributed by atoms with Crippen molar-refractivity contribution in [3.8, 4) is 0 Å². The van der Waals surface area contributed by atoms with E-state index >= 15 is 0 Å². The van der Waals surface area contributed by atoms with Crippen LogP contribution in [0, 0.1) is 0 Å². The molecule has 1 amide bonds. The molecule has 2 N–H and O–H groups in total. The highest BCUT2D eigenvalue weighted by Crippen LogP contribution is 2.16. The van der Waals surface area contributed by atoms with Crippen molar-refractivity contribution in [2.75, 3.05) is 25.5 Å². The SMILES string of the molecule is CCCNc1ccncc1C(=O)N(C)C(C)CO. The van der Waals surface area contributed by atoms with Crippen LogP contribution in [0.2, 0.25) is 0 Å². The second-order valence-corrected chi connectivity index (χ2v) is 4.30. The largest absolute Gasteiger partial charge is 0.394 e. The van der Waals surface area contributed by atoms with Gasteiger partial charge in [-0.15, -0.1) is 0 Å². The number of likely N-dealkylation sites (N-methyl/N-ethyl adjacent to an activating group) is 1. The van der Waals surface area contributed by atoms with E-state index in [4.69, 9.17) is 5.11 Å². The molecule has 0 saturated heterocycles. The maximum atomic E-state index is 12.3. The molecule has 0 aromatic carbocycles. The summed E-state index contributed by atoms with van der Waals surface area (Å²) in [4.78, 5) is 17.8. The van der Waals surface area contributed by atoms with Gasteiger partial charge in [0.1, 0.15) is 0 Å².